The molecular weight excluding hydrogens is 427 g/mol. The zero-order valence-electron chi connectivity index (χ0n) is 19.3. The van der Waals surface area contributed by atoms with Gasteiger partial charge in [0.25, 0.3) is 0 Å². The summed E-state index contributed by atoms with van der Waals surface area (Å²) in [5, 5.41) is 4.92. The quantitative estimate of drug-likeness (QED) is 0.424. The number of hydrogen-bond donors (Lipinski definition) is 1. The van der Waals surface area contributed by atoms with E-state index in [9.17, 15) is 0 Å². The summed E-state index contributed by atoms with van der Waals surface area (Å²) >= 11 is 12.4. The number of rotatable bonds is 9. The Morgan fingerprint density at radius 1 is 1.06 bits per heavy atom. The number of nitrogens with one attached hydrogen (secondary N) is 1. The molecule has 0 bridgehead atoms. The zero-order chi connectivity index (χ0) is 22.4. The van der Waals surface area contributed by atoms with Crippen molar-refractivity contribution in [2.24, 2.45) is 11.8 Å². The van der Waals surface area contributed by atoms with Gasteiger partial charge in [0.1, 0.15) is 0 Å². The minimum Gasteiger partial charge on any atom is -0.378 e. The van der Waals surface area contributed by atoms with Crippen molar-refractivity contribution in [3.8, 4) is 0 Å². The topological polar surface area (TPSA) is 24.5 Å². The summed E-state index contributed by atoms with van der Waals surface area (Å²) in [5.41, 5.74) is 3.77. The lowest BCUT2D eigenvalue weighted by Crippen LogP contribution is -2.38. The molecule has 1 heterocycles. The molecule has 1 fully saturated rings. The molecule has 1 aliphatic rings. The molecule has 0 aliphatic carbocycles. The third-order valence-electron chi connectivity index (χ3n) is 6.36. The standard InChI is InChI=1S/C26H36Cl2N2O/c1-26(2)17-22(12-14-31-26)21(15-20-7-10-24(27)25(28)16-20)11-13-29-18-19-5-8-23(9-6-19)30(3)4/h5-10,16,21-22,29H,11-15,17-18H2,1-4H3. The summed E-state index contributed by atoms with van der Waals surface area (Å²) in [4.78, 5) is 2.13. The zero-order valence-corrected chi connectivity index (χ0v) is 20.8. The van der Waals surface area contributed by atoms with Crippen molar-refractivity contribution in [3.63, 3.8) is 0 Å². The van der Waals surface area contributed by atoms with E-state index in [0.717, 1.165) is 45.4 Å². The molecule has 0 amide bonds. The lowest BCUT2D eigenvalue weighted by atomic mass is 9.75. The van der Waals surface area contributed by atoms with Crippen molar-refractivity contribution in [1.82, 2.24) is 5.32 Å². The fraction of sp³-hybridized carbons (Fsp3) is 0.538. The highest BCUT2D eigenvalue weighted by Gasteiger charge is 2.33. The van der Waals surface area contributed by atoms with E-state index in [1.807, 2.05) is 12.1 Å². The SMILES string of the molecule is CN(C)c1ccc(CNCCC(Cc2ccc(Cl)c(Cl)c2)C2CCOC(C)(C)C2)cc1. The molecule has 1 N–H and O–H groups in total. The van der Waals surface area contributed by atoms with Gasteiger partial charge in [-0.15, -0.1) is 0 Å². The lowest BCUT2D eigenvalue weighted by Gasteiger charge is -2.39. The average molecular weight is 463 g/mol. The van der Waals surface area contributed by atoms with Crippen LogP contribution in [0.3, 0.4) is 0 Å². The van der Waals surface area contributed by atoms with E-state index in [4.69, 9.17) is 27.9 Å². The largest absolute Gasteiger partial charge is 0.378 e. The Morgan fingerprint density at radius 3 is 2.42 bits per heavy atom. The van der Waals surface area contributed by atoms with Crippen LogP contribution in [-0.2, 0) is 17.7 Å². The average Bonchev–Trinajstić information content (AvgIpc) is 2.72. The number of nitrogens with zero attached hydrogens (tertiary/aromatic N) is 1. The molecule has 2 atom stereocenters. The molecule has 2 aromatic rings. The maximum Gasteiger partial charge on any atom is 0.0629 e. The van der Waals surface area contributed by atoms with Gasteiger partial charge in [-0.3, -0.25) is 0 Å². The van der Waals surface area contributed by atoms with Gasteiger partial charge in [0.15, 0.2) is 0 Å². The van der Waals surface area contributed by atoms with Crippen LogP contribution >= 0.6 is 23.2 Å². The Labute approximate surface area is 198 Å². The first-order chi connectivity index (χ1) is 14.7. The van der Waals surface area contributed by atoms with Crippen LogP contribution in [0.5, 0.6) is 0 Å². The van der Waals surface area contributed by atoms with Gasteiger partial charge in [-0.05, 0) is 93.3 Å². The van der Waals surface area contributed by atoms with Gasteiger partial charge in [-0.25, -0.2) is 0 Å². The van der Waals surface area contributed by atoms with E-state index in [1.165, 1.54) is 16.8 Å². The first-order valence-corrected chi connectivity index (χ1v) is 12.0. The molecule has 31 heavy (non-hydrogen) atoms. The van der Waals surface area contributed by atoms with Crippen molar-refractivity contribution in [2.75, 3.05) is 32.1 Å². The summed E-state index contributed by atoms with van der Waals surface area (Å²) < 4.78 is 5.98. The summed E-state index contributed by atoms with van der Waals surface area (Å²) in [6.07, 6.45) is 4.39. The minimum atomic E-state index is -0.0412. The number of ether oxygens (including phenoxy) is 1. The number of hydrogen-bond acceptors (Lipinski definition) is 3. The van der Waals surface area contributed by atoms with Crippen LogP contribution in [0, 0.1) is 11.8 Å². The van der Waals surface area contributed by atoms with Crippen LogP contribution in [0.15, 0.2) is 42.5 Å². The predicted octanol–water partition coefficient (Wildman–Crippen LogP) is 6.60. The van der Waals surface area contributed by atoms with Gasteiger partial charge in [-0.1, -0.05) is 41.4 Å². The Bertz CT molecular complexity index is 836. The van der Waals surface area contributed by atoms with Crippen molar-refractivity contribution >= 4 is 28.9 Å². The molecule has 5 heteroatoms. The van der Waals surface area contributed by atoms with E-state index < -0.39 is 0 Å². The van der Waals surface area contributed by atoms with Crippen LogP contribution in [0.4, 0.5) is 5.69 Å². The third kappa shape index (κ3) is 7.39. The highest BCUT2D eigenvalue weighted by Crippen LogP contribution is 2.37. The second kappa shape index (κ2) is 11.0. The molecule has 2 aromatic carbocycles. The fourth-order valence-corrected chi connectivity index (χ4v) is 4.91. The molecule has 2 unspecified atom stereocenters. The van der Waals surface area contributed by atoms with Crippen molar-refractivity contribution in [1.29, 1.82) is 0 Å². The van der Waals surface area contributed by atoms with Crippen LogP contribution in [0.1, 0.15) is 44.2 Å². The Kier molecular flexibility index (Phi) is 8.69. The highest BCUT2D eigenvalue weighted by atomic mass is 35.5. The molecule has 0 radical (unpaired) electrons. The molecule has 0 aromatic heterocycles. The third-order valence-corrected chi connectivity index (χ3v) is 7.10. The Hall–Kier alpha value is -1.26. The molecule has 0 spiro atoms. The minimum absolute atomic E-state index is 0.0412. The number of anilines is 1. The molecular formula is C26H36Cl2N2O. The van der Waals surface area contributed by atoms with E-state index in [0.29, 0.717) is 21.9 Å². The summed E-state index contributed by atoms with van der Waals surface area (Å²) in [6.45, 7) is 7.17. The molecule has 3 rings (SSSR count). The first-order valence-electron chi connectivity index (χ1n) is 11.3. The maximum absolute atomic E-state index is 6.29. The van der Waals surface area contributed by atoms with Gasteiger partial charge in [0.05, 0.1) is 15.6 Å². The molecule has 170 valence electrons. The van der Waals surface area contributed by atoms with Crippen LogP contribution in [0.2, 0.25) is 10.0 Å². The van der Waals surface area contributed by atoms with E-state index in [2.05, 4.69) is 68.5 Å². The number of halogens is 2. The molecule has 3 nitrogen and oxygen atoms in total. The van der Waals surface area contributed by atoms with Crippen molar-refractivity contribution in [3.05, 3.63) is 63.6 Å². The molecule has 1 saturated heterocycles. The van der Waals surface area contributed by atoms with Crippen molar-refractivity contribution < 1.29 is 4.74 Å². The lowest BCUT2D eigenvalue weighted by molar-refractivity contribution is -0.0830. The molecule has 1 aliphatic heterocycles. The summed E-state index contributed by atoms with van der Waals surface area (Å²) in [5.74, 6) is 1.24. The van der Waals surface area contributed by atoms with Crippen LogP contribution < -0.4 is 10.2 Å². The van der Waals surface area contributed by atoms with Gasteiger partial charge in [0, 0.05) is 32.9 Å². The van der Waals surface area contributed by atoms with E-state index in [1.54, 1.807) is 0 Å². The van der Waals surface area contributed by atoms with Gasteiger partial charge in [0.2, 0.25) is 0 Å². The summed E-state index contributed by atoms with van der Waals surface area (Å²) in [7, 11) is 4.14. The van der Waals surface area contributed by atoms with Gasteiger partial charge >= 0.3 is 0 Å². The van der Waals surface area contributed by atoms with E-state index >= 15 is 0 Å². The van der Waals surface area contributed by atoms with E-state index in [-0.39, 0.29) is 5.60 Å². The normalized spacial score (nSPS) is 19.2. The predicted molar refractivity (Wildman–Crippen MR) is 134 cm³/mol. The van der Waals surface area contributed by atoms with Crippen LogP contribution in [0.25, 0.3) is 0 Å². The first kappa shape index (κ1) is 24.4. The Balaban J connectivity index is 1.59. The monoisotopic (exact) mass is 462 g/mol. The smallest absolute Gasteiger partial charge is 0.0629 e. The fourth-order valence-electron chi connectivity index (χ4n) is 4.59. The van der Waals surface area contributed by atoms with Crippen LogP contribution in [-0.4, -0.2) is 32.8 Å². The second-order valence-corrected chi connectivity index (χ2v) is 10.4. The second-order valence-electron chi connectivity index (χ2n) is 9.60. The Morgan fingerprint density at radius 2 is 1.77 bits per heavy atom. The highest BCUT2D eigenvalue weighted by molar-refractivity contribution is 6.42. The molecule has 0 saturated carbocycles. The number of benzene rings is 2. The van der Waals surface area contributed by atoms with Gasteiger partial charge < -0.3 is 15.0 Å². The maximum atomic E-state index is 6.29. The van der Waals surface area contributed by atoms with Gasteiger partial charge in [-0.2, -0.15) is 0 Å². The van der Waals surface area contributed by atoms with Crippen molar-refractivity contribution in [2.45, 2.75) is 51.7 Å². The summed E-state index contributed by atoms with van der Waals surface area (Å²) in [6, 6.07) is 14.8.